The van der Waals surface area contributed by atoms with Crippen molar-refractivity contribution in [3.05, 3.63) is 29.3 Å². The van der Waals surface area contributed by atoms with Gasteiger partial charge in [0.25, 0.3) is 0 Å². The third-order valence-corrected chi connectivity index (χ3v) is 3.86. The van der Waals surface area contributed by atoms with Crippen molar-refractivity contribution in [3.8, 4) is 0 Å². The molecule has 2 N–H and O–H groups in total. The molecule has 110 valence electrons. The maximum absolute atomic E-state index is 11.9. The lowest BCUT2D eigenvalue weighted by molar-refractivity contribution is -0.125. The summed E-state index contributed by atoms with van der Waals surface area (Å²) < 4.78 is 0. The number of hydrogen-bond acceptors (Lipinski definition) is 3. The van der Waals surface area contributed by atoms with E-state index in [1.807, 2.05) is 19.1 Å². The van der Waals surface area contributed by atoms with Crippen LogP contribution in [0.5, 0.6) is 0 Å². The average molecular weight is 315 g/mol. The van der Waals surface area contributed by atoms with E-state index in [-0.39, 0.29) is 23.6 Å². The highest BCUT2D eigenvalue weighted by Gasteiger charge is 2.15. The van der Waals surface area contributed by atoms with Crippen molar-refractivity contribution in [2.75, 3.05) is 13.1 Å². The van der Waals surface area contributed by atoms with Crippen molar-refractivity contribution in [2.24, 2.45) is 0 Å². The molecule has 0 saturated heterocycles. The van der Waals surface area contributed by atoms with E-state index in [2.05, 4.69) is 10.6 Å². The summed E-state index contributed by atoms with van der Waals surface area (Å²) in [5.41, 5.74) is 0. The monoisotopic (exact) mass is 314 g/mol. The topological polar surface area (TPSA) is 58.2 Å². The first kappa shape index (κ1) is 16.9. The molecule has 0 aliphatic heterocycles. The van der Waals surface area contributed by atoms with Gasteiger partial charge in [-0.05, 0) is 37.6 Å². The van der Waals surface area contributed by atoms with Crippen molar-refractivity contribution in [3.63, 3.8) is 0 Å². The minimum atomic E-state index is -0.268. The Balaban J connectivity index is 2.35. The highest BCUT2D eigenvalue weighted by Crippen LogP contribution is 2.24. The van der Waals surface area contributed by atoms with Crippen LogP contribution in [0.3, 0.4) is 0 Å². The predicted octanol–water partition coefficient (Wildman–Crippen LogP) is 2.46. The minimum Gasteiger partial charge on any atom is -0.355 e. The van der Waals surface area contributed by atoms with Gasteiger partial charge in [-0.15, -0.1) is 11.8 Å². The maximum Gasteiger partial charge on any atom is 0.239 e. The summed E-state index contributed by atoms with van der Waals surface area (Å²) in [4.78, 5) is 24.2. The van der Waals surface area contributed by atoms with Gasteiger partial charge >= 0.3 is 0 Å². The zero-order valence-electron chi connectivity index (χ0n) is 11.6. The molecule has 0 radical (unpaired) electrons. The Labute approximate surface area is 128 Å². The molecule has 0 bridgehead atoms. The molecule has 0 aromatic heterocycles. The number of hydrogen-bond donors (Lipinski definition) is 2. The van der Waals surface area contributed by atoms with E-state index in [9.17, 15) is 9.59 Å². The number of benzene rings is 1. The lowest BCUT2D eigenvalue weighted by Gasteiger charge is -2.12. The Morgan fingerprint density at radius 3 is 2.50 bits per heavy atom. The molecule has 2 amide bonds. The summed E-state index contributed by atoms with van der Waals surface area (Å²) in [6.07, 6.45) is 0.877. The van der Waals surface area contributed by atoms with Crippen LogP contribution in [-0.4, -0.2) is 30.2 Å². The zero-order valence-corrected chi connectivity index (χ0v) is 13.2. The molecule has 0 aliphatic rings. The number of carbonyl (C=O) groups is 2. The SMILES string of the molecule is CCCNC(=O)CNC(=O)C(C)Sc1ccc(Cl)cc1. The van der Waals surface area contributed by atoms with Gasteiger partial charge in [-0.1, -0.05) is 18.5 Å². The first-order valence-electron chi connectivity index (χ1n) is 6.49. The lowest BCUT2D eigenvalue weighted by Crippen LogP contribution is -2.40. The van der Waals surface area contributed by atoms with Gasteiger partial charge in [-0.3, -0.25) is 9.59 Å². The summed E-state index contributed by atoms with van der Waals surface area (Å²) in [5, 5.41) is 5.73. The summed E-state index contributed by atoms with van der Waals surface area (Å²) in [7, 11) is 0. The predicted molar refractivity (Wildman–Crippen MR) is 83.1 cm³/mol. The molecule has 1 aromatic rings. The number of carbonyl (C=O) groups excluding carboxylic acids is 2. The Kier molecular flexibility index (Phi) is 7.47. The number of rotatable bonds is 7. The van der Waals surface area contributed by atoms with E-state index >= 15 is 0 Å². The van der Waals surface area contributed by atoms with Crippen LogP contribution in [0.4, 0.5) is 0 Å². The van der Waals surface area contributed by atoms with Crippen LogP contribution in [-0.2, 0) is 9.59 Å². The fourth-order valence-corrected chi connectivity index (χ4v) is 2.43. The van der Waals surface area contributed by atoms with Crippen LogP contribution in [0, 0.1) is 0 Å². The van der Waals surface area contributed by atoms with Gasteiger partial charge in [-0.25, -0.2) is 0 Å². The Hall–Kier alpha value is -1.20. The molecule has 0 heterocycles. The van der Waals surface area contributed by atoms with Crippen LogP contribution in [0.1, 0.15) is 20.3 Å². The van der Waals surface area contributed by atoms with Gasteiger partial charge in [-0.2, -0.15) is 0 Å². The van der Waals surface area contributed by atoms with Crippen molar-refractivity contribution >= 4 is 35.2 Å². The fraction of sp³-hybridized carbons (Fsp3) is 0.429. The first-order chi connectivity index (χ1) is 9.52. The Morgan fingerprint density at radius 2 is 1.90 bits per heavy atom. The largest absolute Gasteiger partial charge is 0.355 e. The second kappa shape index (κ2) is 8.87. The summed E-state index contributed by atoms with van der Waals surface area (Å²) in [6.45, 7) is 4.43. The van der Waals surface area contributed by atoms with Gasteiger partial charge < -0.3 is 10.6 Å². The first-order valence-corrected chi connectivity index (χ1v) is 7.75. The third-order valence-electron chi connectivity index (χ3n) is 2.49. The summed E-state index contributed by atoms with van der Waals surface area (Å²) in [6, 6.07) is 7.30. The van der Waals surface area contributed by atoms with Gasteiger partial charge in [0.2, 0.25) is 11.8 Å². The zero-order chi connectivity index (χ0) is 15.0. The molecular weight excluding hydrogens is 296 g/mol. The normalized spacial score (nSPS) is 11.8. The molecule has 6 heteroatoms. The standard InChI is InChI=1S/C14H19ClN2O2S/c1-3-8-16-13(18)9-17-14(19)10(2)20-12-6-4-11(15)5-7-12/h4-7,10H,3,8-9H2,1-2H3,(H,16,18)(H,17,19). The second-order valence-corrected chi connectivity index (χ2v) is 6.13. The quantitative estimate of drug-likeness (QED) is 0.760. The highest BCUT2D eigenvalue weighted by molar-refractivity contribution is 8.00. The van der Waals surface area contributed by atoms with E-state index in [1.165, 1.54) is 11.8 Å². The summed E-state index contributed by atoms with van der Waals surface area (Å²) >= 11 is 7.23. The van der Waals surface area contributed by atoms with Crippen LogP contribution >= 0.6 is 23.4 Å². The minimum absolute atomic E-state index is 0.0182. The molecule has 0 spiro atoms. The number of halogens is 1. The Bertz CT molecular complexity index is 451. The molecule has 0 fully saturated rings. The molecule has 1 atom stereocenters. The molecule has 0 saturated carbocycles. The molecule has 20 heavy (non-hydrogen) atoms. The van der Waals surface area contributed by atoms with E-state index in [0.29, 0.717) is 11.6 Å². The number of nitrogens with one attached hydrogen (secondary N) is 2. The number of thioether (sulfide) groups is 1. The van der Waals surface area contributed by atoms with Crippen LogP contribution in [0.15, 0.2) is 29.2 Å². The molecule has 1 unspecified atom stereocenters. The van der Waals surface area contributed by atoms with Gasteiger partial charge in [0.05, 0.1) is 11.8 Å². The molecule has 1 aromatic carbocycles. The van der Waals surface area contributed by atoms with Crippen molar-refractivity contribution in [2.45, 2.75) is 30.4 Å². The van der Waals surface area contributed by atoms with E-state index in [0.717, 1.165) is 11.3 Å². The molecule has 0 aliphatic carbocycles. The smallest absolute Gasteiger partial charge is 0.239 e. The third kappa shape index (κ3) is 6.30. The summed E-state index contributed by atoms with van der Waals surface area (Å²) in [5.74, 6) is -0.319. The molecule has 4 nitrogen and oxygen atoms in total. The van der Waals surface area contributed by atoms with Crippen LogP contribution < -0.4 is 10.6 Å². The number of amides is 2. The van der Waals surface area contributed by atoms with Crippen molar-refractivity contribution in [1.82, 2.24) is 10.6 Å². The lowest BCUT2D eigenvalue weighted by atomic mass is 10.4. The Morgan fingerprint density at radius 1 is 1.25 bits per heavy atom. The maximum atomic E-state index is 11.9. The van der Waals surface area contributed by atoms with Crippen molar-refractivity contribution < 1.29 is 9.59 Å². The van der Waals surface area contributed by atoms with Gasteiger partial charge in [0.15, 0.2) is 0 Å². The van der Waals surface area contributed by atoms with E-state index < -0.39 is 0 Å². The van der Waals surface area contributed by atoms with Crippen LogP contribution in [0.25, 0.3) is 0 Å². The van der Waals surface area contributed by atoms with Gasteiger partial charge in [0, 0.05) is 16.5 Å². The van der Waals surface area contributed by atoms with Crippen molar-refractivity contribution in [1.29, 1.82) is 0 Å². The van der Waals surface area contributed by atoms with E-state index in [4.69, 9.17) is 11.6 Å². The van der Waals surface area contributed by atoms with Gasteiger partial charge in [0.1, 0.15) is 0 Å². The van der Waals surface area contributed by atoms with E-state index in [1.54, 1.807) is 19.1 Å². The van der Waals surface area contributed by atoms with Crippen LogP contribution in [0.2, 0.25) is 5.02 Å². The molecular formula is C14H19ClN2O2S. The highest BCUT2D eigenvalue weighted by atomic mass is 35.5. The second-order valence-electron chi connectivity index (χ2n) is 4.28. The fourth-order valence-electron chi connectivity index (χ4n) is 1.41. The average Bonchev–Trinajstić information content (AvgIpc) is 2.44. The molecule has 1 rings (SSSR count).